The number of nitrogens with zero attached hydrogens (tertiary/aromatic N) is 1. The third-order valence-corrected chi connectivity index (χ3v) is 6.77. The van der Waals surface area contributed by atoms with Crippen molar-refractivity contribution >= 4 is 11.6 Å². The number of hydrogen-bond donors (Lipinski definition) is 2. The Kier molecular flexibility index (Phi) is 4.27. The summed E-state index contributed by atoms with van der Waals surface area (Å²) in [4.78, 5) is 15.0. The molecule has 4 saturated carbocycles. The fraction of sp³-hybridized carbons (Fsp3) is 0.667. The van der Waals surface area contributed by atoms with Crippen LogP contribution in [-0.2, 0) is 4.79 Å². The molecule has 0 aromatic heterocycles. The average molecular weight is 342 g/mol. The fourth-order valence-electron chi connectivity index (χ4n) is 5.88. The first-order valence-corrected chi connectivity index (χ1v) is 9.69. The monoisotopic (exact) mass is 342 g/mol. The minimum absolute atomic E-state index is 0.136. The van der Waals surface area contributed by atoms with E-state index in [-0.39, 0.29) is 11.3 Å². The molecular weight excluding hydrogens is 312 g/mol. The first-order valence-electron chi connectivity index (χ1n) is 9.69. The van der Waals surface area contributed by atoms with Crippen molar-refractivity contribution in [2.45, 2.75) is 44.6 Å². The maximum absolute atomic E-state index is 12.9. The Balaban J connectivity index is 1.37. The smallest absolute Gasteiger partial charge is 0.226 e. The Morgan fingerprint density at radius 2 is 1.64 bits per heavy atom. The summed E-state index contributed by atoms with van der Waals surface area (Å²) in [6.45, 7) is 0.307. The molecule has 5 rings (SSSR count). The summed E-state index contributed by atoms with van der Waals surface area (Å²) in [6, 6.07) is 7.88. The molecular formula is C21H30N2O2. The minimum atomic E-state index is -0.644. The van der Waals surface area contributed by atoms with E-state index in [0.29, 0.717) is 6.54 Å². The Bertz CT molecular complexity index is 603. The molecule has 1 atom stereocenters. The number of carbonyl (C=O) groups excluding carboxylic acids is 1. The lowest BCUT2D eigenvalue weighted by Crippen LogP contribution is -2.54. The molecule has 0 radical (unpaired) electrons. The summed E-state index contributed by atoms with van der Waals surface area (Å²) in [5.41, 5.74) is 1.83. The molecule has 136 valence electrons. The summed E-state index contributed by atoms with van der Waals surface area (Å²) in [6.07, 6.45) is 6.58. The first kappa shape index (κ1) is 16.9. The van der Waals surface area contributed by atoms with Crippen molar-refractivity contribution in [1.29, 1.82) is 0 Å². The van der Waals surface area contributed by atoms with Gasteiger partial charge in [-0.3, -0.25) is 4.79 Å². The lowest BCUT2D eigenvalue weighted by molar-refractivity contribution is -0.146. The van der Waals surface area contributed by atoms with Crippen LogP contribution in [0.5, 0.6) is 0 Å². The van der Waals surface area contributed by atoms with Gasteiger partial charge in [0.25, 0.3) is 0 Å². The quantitative estimate of drug-likeness (QED) is 0.864. The zero-order valence-electron chi connectivity index (χ0n) is 15.4. The molecule has 0 heterocycles. The second-order valence-corrected chi connectivity index (χ2v) is 8.91. The van der Waals surface area contributed by atoms with E-state index in [9.17, 15) is 9.90 Å². The third kappa shape index (κ3) is 3.17. The highest BCUT2D eigenvalue weighted by Gasteiger charge is 2.54. The zero-order chi connectivity index (χ0) is 17.6. The van der Waals surface area contributed by atoms with E-state index < -0.39 is 6.10 Å². The van der Waals surface area contributed by atoms with Crippen LogP contribution in [0.4, 0.5) is 5.69 Å². The number of carbonyl (C=O) groups is 1. The van der Waals surface area contributed by atoms with Crippen molar-refractivity contribution in [2.75, 3.05) is 25.5 Å². The lowest BCUT2D eigenvalue weighted by Gasteiger charge is -2.55. The highest BCUT2D eigenvalue weighted by molar-refractivity contribution is 5.83. The first-order chi connectivity index (χ1) is 11.9. The maximum atomic E-state index is 12.9. The van der Waals surface area contributed by atoms with Crippen LogP contribution in [0, 0.1) is 23.2 Å². The van der Waals surface area contributed by atoms with Crippen LogP contribution >= 0.6 is 0 Å². The van der Waals surface area contributed by atoms with Crippen molar-refractivity contribution in [2.24, 2.45) is 23.2 Å². The van der Waals surface area contributed by atoms with Crippen molar-refractivity contribution in [3.05, 3.63) is 29.8 Å². The summed E-state index contributed by atoms with van der Waals surface area (Å²) in [5, 5.41) is 13.5. The number of amides is 1. The van der Waals surface area contributed by atoms with Crippen LogP contribution in [0.3, 0.4) is 0 Å². The number of aliphatic hydroxyl groups excluding tert-OH is 1. The van der Waals surface area contributed by atoms with Gasteiger partial charge in [-0.15, -0.1) is 0 Å². The van der Waals surface area contributed by atoms with Gasteiger partial charge >= 0.3 is 0 Å². The van der Waals surface area contributed by atoms with E-state index in [1.165, 1.54) is 19.3 Å². The van der Waals surface area contributed by atoms with E-state index in [2.05, 4.69) is 5.32 Å². The SMILES string of the molecule is CN(C)c1ccc([C@@H](O)CNC(=O)C23CC4CC(CC(C4)C2)C3)cc1. The summed E-state index contributed by atoms with van der Waals surface area (Å²) in [5.74, 6) is 2.48. The normalized spacial score (nSPS) is 34.0. The predicted molar refractivity (Wildman–Crippen MR) is 99.3 cm³/mol. The van der Waals surface area contributed by atoms with Gasteiger partial charge < -0.3 is 15.3 Å². The van der Waals surface area contributed by atoms with E-state index >= 15 is 0 Å². The standard InChI is InChI=1S/C21H30N2O2/c1-23(2)18-5-3-17(4-6-18)19(24)13-22-20(25)21-10-14-7-15(11-21)9-16(8-14)12-21/h3-6,14-16,19,24H,7-13H2,1-2H3,(H,22,25)/t14?,15?,16?,19-,21?/m0/s1. The summed E-state index contributed by atoms with van der Waals surface area (Å²) in [7, 11) is 3.99. The van der Waals surface area contributed by atoms with Crippen molar-refractivity contribution < 1.29 is 9.90 Å². The predicted octanol–water partition coefficient (Wildman–Crippen LogP) is 3.12. The van der Waals surface area contributed by atoms with E-state index in [4.69, 9.17) is 0 Å². The third-order valence-electron chi connectivity index (χ3n) is 6.77. The lowest BCUT2D eigenvalue weighted by atomic mass is 9.49. The summed E-state index contributed by atoms with van der Waals surface area (Å²) >= 11 is 0. The molecule has 1 aromatic rings. The van der Waals surface area contributed by atoms with Crippen LogP contribution in [0.2, 0.25) is 0 Å². The molecule has 4 fully saturated rings. The van der Waals surface area contributed by atoms with Crippen molar-refractivity contribution in [1.82, 2.24) is 5.32 Å². The second kappa shape index (κ2) is 6.31. The molecule has 0 unspecified atom stereocenters. The largest absolute Gasteiger partial charge is 0.387 e. The van der Waals surface area contributed by atoms with Gasteiger partial charge in [0.05, 0.1) is 6.10 Å². The fourth-order valence-corrected chi connectivity index (χ4v) is 5.88. The Morgan fingerprint density at radius 1 is 1.12 bits per heavy atom. The van der Waals surface area contributed by atoms with Crippen LogP contribution in [0.25, 0.3) is 0 Å². The van der Waals surface area contributed by atoms with Gasteiger partial charge in [-0.1, -0.05) is 12.1 Å². The molecule has 0 saturated heterocycles. The second-order valence-electron chi connectivity index (χ2n) is 8.91. The van der Waals surface area contributed by atoms with E-state index in [1.54, 1.807) is 0 Å². The number of rotatable bonds is 5. The molecule has 0 spiro atoms. The van der Waals surface area contributed by atoms with Gasteiger partial charge in [-0.05, 0) is 74.0 Å². The van der Waals surface area contributed by atoms with E-state index in [0.717, 1.165) is 48.3 Å². The van der Waals surface area contributed by atoms with Gasteiger partial charge in [0.2, 0.25) is 5.91 Å². The Labute approximate surface area is 150 Å². The van der Waals surface area contributed by atoms with E-state index in [1.807, 2.05) is 43.3 Å². The van der Waals surface area contributed by atoms with Gasteiger partial charge in [0.1, 0.15) is 0 Å². The minimum Gasteiger partial charge on any atom is -0.387 e. The molecule has 4 heteroatoms. The van der Waals surface area contributed by atoms with Gasteiger partial charge in [-0.25, -0.2) is 0 Å². The highest BCUT2D eigenvalue weighted by Crippen LogP contribution is 2.60. The van der Waals surface area contributed by atoms with Crippen LogP contribution in [-0.4, -0.2) is 31.7 Å². The van der Waals surface area contributed by atoms with Crippen molar-refractivity contribution in [3.8, 4) is 0 Å². The van der Waals surface area contributed by atoms with Gasteiger partial charge in [0.15, 0.2) is 0 Å². The summed E-state index contributed by atoms with van der Waals surface area (Å²) < 4.78 is 0. The zero-order valence-corrected chi connectivity index (χ0v) is 15.4. The number of hydrogen-bond acceptors (Lipinski definition) is 3. The van der Waals surface area contributed by atoms with Crippen molar-refractivity contribution in [3.63, 3.8) is 0 Å². The molecule has 2 N–H and O–H groups in total. The number of anilines is 1. The molecule has 4 aliphatic rings. The number of benzene rings is 1. The number of aliphatic hydroxyl groups is 1. The Hall–Kier alpha value is -1.55. The topological polar surface area (TPSA) is 52.6 Å². The molecule has 25 heavy (non-hydrogen) atoms. The van der Waals surface area contributed by atoms with Crippen LogP contribution in [0.15, 0.2) is 24.3 Å². The molecule has 0 aliphatic heterocycles. The maximum Gasteiger partial charge on any atom is 0.226 e. The molecule has 1 aromatic carbocycles. The average Bonchev–Trinajstić information content (AvgIpc) is 2.58. The Morgan fingerprint density at radius 3 is 2.12 bits per heavy atom. The van der Waals surface area contributed by atoms with Gasteiger partial charge in [0, 0.05) is 31.7 Å². The molecule has 1 amide bonds. The highest BCUT2D eigenvalue weighted by atomic mass is 16.3. The molecule has 4 aliphatic carbocycles. The van der Waals surface area contributed by atoms with Crippen LogP contribution in [0.1, 0.15) is 50.2 Å². The molecule has 4 nitrogen and oxygen atoms in total. The molecule has 4 bridgehead atoms. The van der Waals surface area contributed by atoms with Crippen LogP contribution < -0.4 is 10.2 Å². The number of nitrogens with one attached hydrogen (secondary N) is 1. The van der Waals surface area contributed by atoms with Gasteiger partial charge in [-0.2, -0.15) is 0 Å².